The molecule has 96 valence electrons. The highest BCUT2D eigenvalue weighted by molar-refractivity contribution is 9.10. The summed E-state index contributed by atoms with van der Waals surface area (Å²) in [7, 11) is 0. The maximum Gasteiger partial charge on any atom is 0.0724 e. The van der Waals surface area contributed by atoms with E-state index in [0.717, 1.165) is 15.7 Å². The van der Waals surface area contributed by atoms with E-state index in [1.54, 1.807) is 0 Å². The van der Waals surface area contributed by atoms with Crippen molar-refractivity contribution in [2.45, 2.75) is 0 Å². The Morgan fingerprint density at radius 1 is 0.800 bits per heavy atom. The Kier molecular flexibility index (Phi) is 2.60. The Labute approximate surface area is 124 Å². The molecule has 0 bridgehead atoms. The summed E-state index contributed by atoms with van der Waals surface area (Å²) < 4.78 is 3.34. The summed E-state index contributed by atoms with van der Waals surface area (Å²) in [5.41, 5.74) is 3.49. The van der Waals surface area contributed by atoms with Crippen LogP contribution in [0.1, 0.15) is 0 Å². The van der Waals surface area contributed by atoms with Crippen LogP contribution in [-0.4, -0.2) is 9.55 Å². The molecule has 3 heteroatoms. The van der Waals surface area contributed by atoms with Crippen LogP contribution in [0.15, 0.2) is 71.5 Å². The normalized spacial score (nSPS) is 11.2. The van der Waals surface area contributed by atoms with Crippen molar-refractivity contribution < 1.29 is 0 Å². The smallest absolute Gasteiger partial charge is 0.0724 e. The monoisotopic (exact) mass is 322 g/mol. The van der Waals surface area contributed by atoms with Crippen LogP contribution in [0.3, 0.4) is 0 Å². The third kappa shape index (κ3) is 1.67. The lowest BCUT2D eigenvalue weighted by Crippen LogP contribution is -1.93. The average molecular weight is 323 g/mol. The Balaban J connectivity index is 2.17. The number of pyridine rings is 1. The Morgan fingerprint density at radius 2 is 1.55 bits per heavy atom. The SMILES string of the molecule is Brc1ccc(-n2c3ccccc3c3ccncc32)cc1. The molecule has 2 aromatic heterocycles. The van der Waals surface area contributed by atoms with Crippen molar-refractivity contribution in [2.24, 2.45) is 0 Å². The molecular formula is C17H11BrN2. The number of nitrogens with zero attached hydrogens (tertiary/aromatic N) is 2. The van der Waals surface area contributed by atoms with Gasteiger partial charge in [0.25, 0.3) is 0 Å². The molecular weight excluding hydrogens is 312 g/mol. The highest BCUT2D eigenvalue weighted by Gasteiger charge is 2.11. The highest BCUT2D eigenvalue weighted by Crippen LogP contribution is 2.31. The van der Waals surface area contributed by atoms with Crippen LogP contribution in [0.4, 0.5) is 0 Å². The molecule has 2 nitrogen and oxygen atoms in total. The van der Waals surface area contributed by atoms with Gasteiger partial charge in [0.2, 0.25) is 0 Å². The summed E-state index contributed by atoms with van der Waals surface area (Å²) in [5, 5.41) is 2.49. The van der Waals surface area contributed by atoms with Crippen LogP contribution >= 0.6 is 15.9 Å². The lowest BCUT2D eigenvalue weighted by Gasteiger charge is -2.07. The number of fused-ring (bicyclic) bond motifs is 3. The minimum Gasteiger partial charge on any atom is -0.308 e. The van der Waals surface area contributed by atoms with Crippen LogP contribution in [0.5, 0.6) is 0 Å². The zero-order valence-corrected chi connectivity index (χ0v) is 12.2. The lowest BCUT2D eigenvalue weighted by atomic mass is 10.2. The van der Waals surface area contributed by atoms with Crippen molar-refractivity contribution in [2.75, 3.05) is 0 Å². The van der Waals surface area contributed by atoms with Gasteiger partial charge in [-0.2, -0.15) is 0 Å². The molecule has 0 aliphatic carbocycles. The summed E-state index contributed by atoms with van der Waals surface area (Å²) in [4.78, 5) is 4.28. The van der Waals surface area contributed by atoms with E-state index in [-0.39, 0.29) is 0 Å². The first-order valence-electron chi connectivity index (χ1n) is 6.44. The van der Waals surface area contributed by atoms with Crippen LogP contribution in [0.25, 0.3) is 27.5 Å². The topological polar surface area (TPSA) is 17.8 Å². The van der Waals surface area contributed by atoms with Gasteiger partial charge in [-0.25, -0.2) is 0 Å². The summed E-state index contributed by atoms with van der Waals surface area (Å²) in [6, 6.07) is 18.9. The van der Waals surface area contributed by atoms with E-state index in [4.69, 9.17) is 0 Å². The van der Waals surface area contributed by atoms with Crippen molar-refractivity contribution >= 4 is 37.7 Å². The maximum absolute atomic E-state index is 4.28. The van der Waals surface area contributed by atoms with Gasteiger partial charge in [0.05, 0.1) is 17.2 Å². The number of benzene rings is 2. The maximum atomic E-state index is 4.28. The predicted octanol–water partition coefficient (Wildman–Crippen LogP) is 4.94. The first-order valence-corrected chi connectivity index (χ1v) is 7.23. The zero-order chi connectivity index (χ0) is 13.5. The third-order valence-corrected chi connectivity index (χ3v) is 4.09. The van der Waals surface area contributed by atoms with Crippen molar-refractivity contribution in [1.82, 2.24) is 9.55 Å². The van der Waals surface area contributed by atoms with E-state index < -0.39 is 0 Å². The number of rotatable bonds is 1. The van der Waals surface area contributed by atoms with Crippen LogP contribution in [0, 0.1) is 0 Å². The second kappa shape index (κ2) is 4.46. The fourth-order valence-electron chi connectivity index (χ4n) is 2.69. The molecule has 0 N–H and O–H groups in total. The second-order valence-corrected chi connectivity index (χ2v) is 5.64. The fraction of sp³-hybridized carbons (Fsp3) is 0. The van der Waals surface area contributed by atoms with E-state index >= 15 is 0 Å². The van der Waals surface area contributed by atoms with Gasteiger partial charge in [-0.3, -0.25) is 4.98 Å². The lowest BCUT2D eigenvalue weighted by molar-refractivity contribution is 1.16. The molecule has 4 rings (SSSR count). The van der Waals surface area contributed by atoms with Crippen LogP contribution < -0.4 is 0 Å². The first kappa shape index (κ1) is 11.7. The van der Waals surface area contributed by atoms with Gasteiger partial charge in [0.15, 0.2) is 0 Å². The average Bonchev–Trinajstić information content (AvgIpc) is 2.83. The minimum absolute atomic E-state index is 1.08. The van der Waals surface area contributed by atoms with Crippen molar-refractivity contribution in [3.05, 3.63) is 71.5 Å². The summed E-state index contributed by atoms with van der Waals surface area (Å²) >= 11 is 3.49. The molecule has 0 amide bonds. The van der Waals surface area contributed by atoms with Gasteiger partial charge >= 0.3 is 0 Å². The molecule has 0 unspecified atom stereocenters. The molecule has 0 saturated heterocycles. The van der Waals surface area contributed by atoms with E-state index in [1.807, 2.05) is 12.4 Å². The van der Waals surface area contributed by atoms with Gasteiger partial charge in [-0.1, -0.05) is 34.1 Å². The van der Waals surface area contributed by atoms with Gasteiger partial charge < -0.3 is 4.57 Å². The van der Waals surface area contributed by atoms with E-state index in [9.17, 15) is 0 Å². The van der Waals surface area contributed by atoms with Crippen LogP contribution in [0.2, 0.25) is 0 Å². The van der Waals surface area contributed by atoms with Gasteiger partial charge in [-0.05, 0) is 36.4 Å². The molecule has 0 spiro atoms. The molecule has 20 heavy (non-hydrogen) atoms. The van der Waals surface area contributed by atoms with Gasteiger partial charge in [0.1, 0.15) is 0 Å². The quantitative estimate of drug-likeness (QED) is 0.485. The number of hydrogen-bond donors (Lipinski definition) is 0. The third-order valence-electron chi connectivity index (χ3n) is 3.56. The van der Waals surface area contributed by atoms with Crippen molar-refractivity contribution in [3.63, 3.8) is 0 Å². The molecule has 0 fully saturated rings. The summed E-state index contributed by atoms with van der Waals surface area (Å²) in [6.45, 7) is 0. The van der Waals surface area contributed by atoms with Crippen molar-refractivity contribution in [1.29, 1.82) is 0 Å². The number of hydrogen-bond acceptors (Lipinski definition) is 1. The molecule has 0 radical (unpaired) electrons. The van der Waals surface area contributed by atoms with Crippen LogP contribution in [-0.2, 0) is 0 Å². The first-order chi connectivity index (χ1) is 9.84. The van der Waals surface area contributed by atoms with E-state index in [0.29, 0.717) is 0 Å². The highest BCUT2D eigenvalue weighted by atomic mass is 79.9. The largest absolute Gasteiger partial charge is 0.308 e. The Morgan fingerprint density at radius 3 is 2.40 bits per heavy atom. The van der Waals surface area contributed by atoms with Gasteiger partial charge in [0, 0.05) is 27.1 Å². The number of halogens is 1. The predicted molar refractivity (Wildman–Crippen MR) is 86.3 cm³/mol. The summed E-state index contributed by atoms with van der Waals surface area (Å²) in [5.74, 6) is 0. The fourth-order valence-corrected chi connectivity index (χ4v) is 2.95. The number of para-hydroxylation sites is 1. The standard InChI is InChI=1S/C17H11BrN2/c18-12-5-7-13(8-6-12)20-16-4-2-1-3-14(16)15-9-10-19-11-17(15)20/h1-11H. The van der Waals surface area contributed by atoms with E-state index in [1.165, 1.54) is 16.3 Å². The second-order valence-electron chi connectivity index (χ2n) is 4.72. The molecule has 0 aliphatic rings. The zero-order valence-electron chi connectivity index (χ0n) is 10.6. The molecule has 0 atom stereocenters. The van der Waals surface area contributed by atoms with Crippen molar-refractivity contribution in [3.8, 4) is 5.69 Å². The number of aromatic nitrogens is 2. The Hall–Kier alpha value is -2.13. The minimum atomic E-state index is 1.08. The van der Waals surface area contributed by atoms with E-state index in [2.05, 4.69) is 80.1 Å². The summed E-state index contributed by atoms with van der Waals surface area (Å²) in [6.07, 6.45) is 3.78. The molecule has 4 aromatic rings. The molecule has 0 aliphatic heterocycles. The molecule has 2 heterocycles. The van der Waals surface area contributed by atoms with Gasteiger partial charge in [-0.15, -0.1) is 0 Å². The molecule has 2 aromatic carbocycles. The Bertz CT molecular complexity index is 854. The molecule has 0 saturated carbocycles.